The van der Waals surface area contributed by atoms with Crippen LogP contribution in [-0.4, -0.2) is 12.1 Å². The Morgan fingerprint density at radius 2 is 1.75 bits per heavy atom. The zero-order valence-corrected chi connectivity index (χ0v) is 11.2. The molecule has 0 bridgehead atoms. The fourth-order valence-corrected chi connectivity index (χ4v) is 4.09. The van der Waals surface area contributed by atoms with Gasteiger partial charge in [-0.15, -0.1) is 0 Å². The molecule has 0 aromatic carbocycles. The molecular formula is C15H29N. The van der Waals surface area contributed by atoms with Crippen molar-refractivity contribution in [1.29, 1.82) is 0 Å². The van der Waals surface area contributed by atoms with Gasteiger partial charge in [-0.2, -0.15) is 0 Å². The maximum Gasteiger partial charge on any atom is 0.0101 e. The first-order chi connectivity index (χ1) is 7.85. The molecule has 0 spiro atoms. The second kappa shape index (κ2) is 6.05. The van der Waals surface area contributed by atoms with Gasteiger partial charge in [-0.25, -0.2) is 0 Å². The van der Waals surface area contributed by atoms with Crippen LogP contribution in [0.25, 0.3) is 0 Å². The normalized spacial score (nSPS) is 39.4. The first kappa shape index (κ1) is 12.4. The van der Waals surface area contributed by atoms with Crippen LogP contribution in [0.5, 0.6) is 0 Å². The van der Waals surface area contributed by atoms with Gasteiger partial charge in [-0.3, -0.25) is 0 Å². The minimum Gasteiger partial charge on any atom is -0.311 e. The Kier molecular flexibility index (Phi) is 4.69. The van der Waals surface area contributed by atoms with Crippen LogP contribution in [0.2, 0.25) is 0 Å². The summed E-state index contributed by atoms with van der Waals surface area (Å²) in [5.41, 5.74) is 0. The molecule has 2 aliphatic rings. The molecule has 1 aliphatic heterocycles. The summed E-state index contributed by atoms with van der Waals surface area (Å²) in [5.74, 6) is 2.06. The van der Waals surface area contributed by atoms with Gasteiger partial charge in [0.25, 0.3) is 0 Å². The minimum atomic E-state index is 0.839. The highest BCUT2D eigenvalue weighted by atomic mass is 15.0. The molecule has 1 heteroatoms. The zero-order chi connectivity index (χ0) is 11.4. The number of hydrogen-bond acceptors (Lipinski definition) is 1. The number of nitrogens with one attached hydrogen (secondary N) is 1. The van der Waals surface area contributed by atoms with Crippen LogP contribution in [0.3, 0.4) is 0 Å². The third-order valence-corrected chi connectivity index (χ3v) is 4.81. The quantitative estimate of drug-likeness (QED) is 0.756. The summed E-state index contributed by atoms with van der Waals surface area (Å²) in [5, 5.41) is 3.94. The van der Waals surface area contributed by atoms with Crippen LogP contribution in [0.1, 0.15) is 71.6 Å². The maximum absolute atomic E-state index is 3.94. The van der Waals surface area contributed by atoms with E-state index in [2.05, 4.69) is 19.2 Å². The largest absolute Gasteiger partial charge is 0.311 e. The van der Waals surface area contributed by atoms with Crippen molar-refractivity contribution in [2.24, 2.45) is 11.8 Å². The molecule has 4 atom stereocenters. The van der Waals surface area contributed by atoms with Gasteiger partial charge in [-0.1, -0.05) is 46.0 Å². The van der Waals surface area contributed by atoms with Crippen molar-refractivity contribution < 1.29 is 0 Å². The first-order valence-corrected chi connectivity index (χ1v) is 7.61. The summed E-state index contributed by atoms with van der Waals surface area (Å²) < 4.78 is 0. The van der Waals surface area contributed by atoms with Crippen LogP contribution in [0.15, 0.2) is 0 Å². The van der Waals surface area contributed by atoms with Gasteiger partial charge in [0.2, 0.25) is 0 Å². The van der Waals surface area contributed by atoms with Gasteiger partial charge in [0.1, 0.15) is 0 Å². The molecule has 0 radical (unpaired) electrons. The zero-order valence-electron chi connectivity index (χ0n) is 11.2. The Morgan fingerprint density at radius 3 is 2.50 bits per heavy atom. The van der Waals surface area contributed by atoms with Gasteiger partial charge < -0.3 is 5.32 Å². The average Bonchev–Trinajstić information content (AvgIpc) is 2.30. The molecule has 0 unspecified atom stereocenters. The highest BCUT2D eigenvalue weighted by Gasteiger charge is 2.36. The standard InChI is InChI=1S/C15H29N/c1-3-6-12-8-5-9-15-14(12)11-10-13(16-15)7-4-2/h12-16H,3-11H2,1-2H3/t12-,13+,14+,15-/m0/s1. The fraction of sp³-hybridized carbons (Fsp3) is 1.00. The molecule has 1 heterocycles. The minimum absolute atomic E-state index is 0.839. The van der Waals surface area contributed by atoms with Crippen molar-refractivity contribution in [2.45, 2.75) is 83.7 Å². The maximum atomic E-state index is 3.94. The molecule has 1 N–H and O–H groups in total. The Balaban J connectivity index is 1.89. The molecule has 2 rings (SSSR count). The fourth-order valence-electron chi connectivity index (χ4n) is 4.09. The van der Waals surface area contributed by atoms with E-state index < -0.39 is 0 Å². The van der Waals surface area contributed by atoms with Gasteiger partial charge in [0.05, 0.1) is 0 Å². The molecule has 1 saturated heterocycles. The number of piperidine rings is 1. The van der Waals surface area contributed by atoms with Crippen LogP contribution in [0, 0.1) is 11.8 Å². The van der Waals surface area contributed by atoms with Crippen molar-refractivity contribution in [2.75, 3.05) is 0 Å². The Morgan fingerprint density at radius 1 is 0.938 bits per heavy atom. The van der Waals surface area contributed by atoms with Gasteiger partial charge >= 0.3 is 0 Å². The summed E-state index contributed by atoms with van der Waals surface area (Å²) in [6.07, 6.45) is 13.0. The van der Waals surface area contributed by atoms with E-state index in [0.717, 1.165) is 23.9 Å². The lowest BCUT2D eigenvalue weighted by atomic mass is 9.69. The first-order valence-electron chi connectivity index (χ1n) is 7.61. The van der Waals surface area contributed by atoms with E-state index in [1.165, 1.54) is 57.8 Å². The van der Waals surface area contributed by atoms with Crippen LogP contribution < -0.4 is 5.32 Å². The van der Waals surface area contributed by atoms with Crippen molar-refractivity contribution in [1.82, 2.24) is 5.32 Å². The van der Waals surface area contributed by atoms with Crippen molar-refractivity contribution in [3.8, 4) is 0 Å². The molecule has 0 aromatic heterocycles. The summed E-state index contributed by atoms with van der Waals surface area (Å²) in [4.78, 5) is 0. The lowest BCUT2D eigenvalue weighted by Crippen LogP contribution is -2.51. The van der Waals surface area contributed by atoms with Gasteiger partial charge in [-0.05, 0) is 37.5 Å². The topological polar surface area (TPSA) is 12.0 Å². The second-order valence-electron chi connectivity index (χ2n) is 5.98. The van der Waals surface area contributed by atoms with E-state index in [-0.39, 0.29) is 0 Å². The monoisotopic (exact) mass is 223 g/mol. The summed E-state index contributed by atoms with van der Waals surface area (Å²) in [6, 6.07) is 1.71. The van der Waals surface area contributed by atoms with E-state index in [4.69, 9.17) is 0 Å². The Hall–Kier alpha value is -0.0400. The predicted octanol–water partition coefficient (Wildman–Crippen LogP) is 4.12. The van der Waals surface area contributed by atoms with E-state index >= 15 is 0 Å². The molecule has 16 heavy (non-hydrogen) atoms. The van der Waals surface area contributed by atoms with E-state index in [1.807, 2.05) is 0 Å². The van der Waals surface area contributed by atoms with Gasteiger partial charge in [0.15, 0.2) is 0 Å². The van der Waals surface area contributed by atoms with E-state index in [0.29, 0.717) is 0 Å². The summed E-state index contributed by atoms with van der Waals surface area (Å²) in [6.45, 7) is 4.66. The van der Waals surface area contributed by atoms with Crippen molar-refractivity contribution in [3.05, 3.63) is 0 Å². The highest BCUT2D eigenvalue weighted by molar-refractivity contribution is 4.92. The van der Waals surface area contributed by atoms with Crippen LogP contribution >= 0.6 is 0 Å². The average molecular weight is 223 g/mol. The van der Waals surface area contributed by atoms with Crippen LogP contribution in [0.4, 0.5) is 0 Å². The second-order valence-corrected chi connectivity index (χ2v) is 5.98. The smallest absolute Gasteiger partial charge is 0.0101 e. The summed E-state index contributed by atoms with van der Waals surface area (Å²) in [7, 11) is 0. The molecule has 1 aliphatic carbocycles. The van der Waals surface area contributed by atoms with E-state index in [9.17, 15) is 0 Å². The third-order valence-electron chi connectivity index (χ3n) is 4.81. The van der Waals surface area contributed by atoms with Crippen LogP contribution in [-0.2, 0) is 0 Å². The van der Waals surface area contributed by atoms with Crippen molar-refractivity contribution >= 4 is 0 Å². The SMILES string of the molecule is CCC[C@@H]1CC[C@@H]2[C@@H](CCC)CCC[C@@H]2N1. The number of rotatable bonds is 4. The van der Waals surface area contributed by atoms with E-state index in [1.54, 1.807) is 0 Å². The molecule has 94 valence electrons. The molecule has 2 fully saturated rings. The third kappa shape index (κ3) is 2.80. The molecular weight excluding hydrogens is 194 g/mol. The van der Waals surface area contributed by atoms with Gasteiger partial charge in [0, 0.05) is 12.1 Å². The lowest BCUT2D eigenvalue weighted by Gasteiger charge is -2.45. The molecule has 0 aromatic rings. The number of hydrogen-bond donors (Lipinski definition) is 1. The number of fused-ring (bicyclic) bond motifs is 1. The highest BCUT2D eigenvalue weighted by Crippen LogP contribution is 2.39. The Bertz CT molecular complexity index is 200. The summed E-state index contributed by atoms with van der Waals surface area (Å²) >= 11 is 0. The van der Waals surface area contributed by atoms with Crippen molar-refractivity contribution in [3.63, 3.8) is 0 Å². The lowest BCUT2D eigenvalue weighted by molar-refractivity contribution is 0.106. The molecule has 0 amide bonds. The molecule has 1 nitrogen and oxygen atoms in total. The molecule has 1 saturated carbocycles. The predicted molar refractivity (Wildman–Crippen MR) is 70.6 cm³/mol. The Labute approximate surface area is 101 Å².